The van der Waals surface area contributed by atoms with E-state index in [4.69, 9.17) is 5.73 Å². The molecular formula is C16H24N2O2. The number of likely N-dealkylation sites (N-methyl/N-ethyl adjacent to an activating group) is 1. The van der Waals surface area contributed by atoms with Crippen LogP contribution in [0.25, 0.3) is 0 Å². The summed E-state index contributed by atoms with van der Waals surface area (Å²) < 4.78 is 0. The van der Waals surface area contributed by atoms with Crippen LogP contribution in [-0.2, 0) is 4.79 Å². The second-order valence-electron chi connectivity index (χ2n) is 5.02. The predicted molar refractivity (Wildman–Crippen MR) is 81.0 cm³/mol. The summed E-state index contributed by atoms with van der Waals surface area (Å²) in [5.74, 6) is -0.158. The minimum atomic E-state index is -0.725. The van der Waals surface area contributed by atoms with E-state index in [-0.39, 0.29) is 11.9 Å². The molecule has 3 N–H and O–H groups in total. The predicted octanol–water partition coefficient (Wildman–Crippen LogP) is 1.86. The number of allylic oxidation sites excluding steroid dienone is 1. The number of carbonyl (C=O) groups is 1. The molecule has 0 aliphatic carbocycles. The number of nitrogens with two attached hydrogens (primary N) is 1. The van der Waals surface area contributed by atoms with Gasteiger partial charge >= 0.3 is 0 Å². The van der Waals surface area contributed by atoms with E-state index in [9.17, 15) is 9.90 Å². The van der Waals surface area contributed by atoms with Crippen LogP contribution in [0.2, 0.25) is 0 Å². The molecule has 0 aromatic heterocycles. The summed E-state index contributed by atoms with van der Waals surface area (Å²) in [4.78, 5) is 13.7. The highest BCUT2D eigenvalue weighted by Gasteiger charge is 2.26. The maximum atomic E-state index is 12.2. The van der Waals surface area contributed by atoms with Gasteiger partial charge in [-0.25, -0.2) is 0 Å². The Morgan fingerprint density at radius 3 is 2.60 bits per heavy atom. The van der Waals surface area contributed by atoms with Crippen molar-refractivity contribution in [1.82, 2.24) is 4.90 Å². The lowest BCUT2D eigenvalue weighted by atomic mass is 10.0. The summed E-state index contributed by atoms with van der Waals surface area (Å²) in [6, 6.07) is 8.42. The molecule has 0 aliphatic heterocycles. The third-order valence-corrected chi connectivity index (χ3v) is 3.56. The molecule has 1 rings (SSSR count). The molecule has 0 aliphatic rings. The second kappa shape index (κ2) is 7.82. The molecule has 1 aromatic carbocycles. The summed E-state index contributed by atoms with van der Waals surface area (Å²) in [6.45, 7) is 5.43. The lowest BCUT2D eigenvalue weighted by Crippen LogP contribution is -2.47. The zero-order chi connectivity index (χ0) is 15.1. The average Bonchev–Trinajstić information content (AvgIpc) is 2.50. The lowest BCUT2D eigenvalue weighted by molar-refractivity contribution is -0.135. The number of aliphatic hydroxyl groups excluding tert-OH is 1. The zero-order valence-electron chi connectivity index (χ0n) is 12.2. The van der Waals surface area contributed by atoms with Gasteiger partial charge in [0.1, 0.15) is 0 Å². The normalized spacial score (nSPS) is 15.2. The Morgan fingerprint density at radius 2 is 2.05 bits per heavy atom. The van der Waals surface area contributed by atoms with Gasteiger partial charge in [-0.15, -0.1) is 6.58 Å². The summed E-state index contributed by atoms with van der Waals surface area (Å²) in [5.41, 5.74) is 6.65. The van der Waals surface area contributed by atoms with E-state index in [1.807, 2.05) is 37.3 Å². The minimum absolute atomic E-state index is 0.158. The molecule has 0 unspecified atom stereocenters. The van der Waals surface area contributed by atoms with Crippen molar-refractivity contribution in [3.63, 3.8) is 0 Å². The van der Waals surface area contributed by atoms with Crippen LogP contribution in [0, 0.1) is 0 Å². The zero-order valence-corrected chi connectivity index (χ0v) is 12.2. The van der Waals surface area contributed by atoms with Crippen LogP contribution in [0.3, 0.4) is 0 Å². The highest BCUT2D eigenvalue weighted by Crippen LogP contribution is 2.20. The van der Waals surface area contributed by atoms with Crippen molar-refractivity contribution >= 4 is 5.91 Å². The number of carbonyl (C=O) groups excluding carboxylic acids is 1. The summed E-state index contributed by atoms with van der Waals surface area (Å²) in [5, 5.41) is 10.3. The van der Waals surface area contributed by atoms with Crippen molar-refractivity contribution in [3.05, 3.63) is 48.6 Å². The number of rotatable bonds is 7. The van der Waals surface area contributed by atoms with Crippen molar-refractivity contribution in [2.24, 2.45) is 5.73 Å². The Balaban J connectivity index is 2.68. The van der Waals surface area contributed by atoms with Gasteiger partial charge < -0.3 is 15.7 Å². The Morgan fingerprint density at radius 1 is 1.45 bits per heavy atom. The van der Waals surface area contributed by atoms with Gasteiger partial charge in [0.25, 0.3) is 0 Å². The van der Waals surface area contributed by atoms with E-state index in [1.54, 1.807) is 13.1 Å². The first-order chi connectivity index (χ1) is 9.49. The molecule has 20 heavy (non-hydrogen) atoms. The van der Waals surface area contributed by atoms with E-state index in [2.05, 4.69) is 6.58 Å². The third-order valence-electron chi connectivity index (χ3n) is 3.56. The van der Waals surface area contributed by atoms with Crippen LogP contribution >= 0.6 is 0 Å². The minimum Gasteiger partial charge on any atom is -0.386 e. The van der Waals surface area contributed by atoms with E-state index >= 15 is 0 Å². The van der Waals surface area contributed by atoms with Crippen LogP contribution in [0.15, 0.2) is 43.0 Å². The van der Waals surface area contributed by atoms with E-state index in [1.165, 1.54) is 4.90 Å². The van der Waals surface area contributed by atoms with Crippen LogP contribution in [0.5, 0.6) is 0 Å². The van der Waals surface area contributed by atoms with Gasteiger partial charge in [-0.2, -0.15) is 0 Å². The molecule has 0 bridgehead atoms. The largest absolute Gasteiger partial charge is 0.386 e. The first-order valence-electron chi connectivity index (χ1n) is 6.85. The molecule has 4 nitrogen and oxygen atoms in total. The fourth-order valence-corrected chi connectivity index (χ4v) is 2.02. The summed E-state index contributed by atoms with van der Waals surface area (Å²) in [6.07, 6.45) is 2.30. The van der Waals surface area contributed by atoms with Crippen LogP contribution in [0.4, 0.5) is 0 Å². The fraction of sp³-hybridized carbons (Fsp3) is 0.438. The number of amides is 1. The monoisotopic (exact) mass is 276 g/mol. The molecule has 0 saturated carbocycles. The molecule has 0 saturated heterocycles. The number of hydrogen-bond acceptors (Lipinski definition) is 3. The fourth-order valence-electron chi connectivity index (χ4n) is 2.02. The van der Waals surface area contributed by atoms with E-state index in [0.29, 0.717) is 12.8 Å². The van der Waals surface area contributed by atoms with E-state index in [0.717, 1.165) is 5.56 Å². The van der Waals surface area contributed by atoms with Crippen LogP contribution in [0.1, 0.15) is 31.4 Å². The average molecular weight is 276 g/mol. The van der Waals surface area contributed by atoms with Crippen LogP contribution in [-0.4, -0.2) is 35.0 Å². The molecule has 110 valence electrons. The van der Waals surface area contributed by atoms with Gasteiger partial charge in [0.2, 0.25) is 5.91 Å². The van der Waals surface area contributed by atoms with Crippen molar-refractivity contribution < 1.29 is 9.90 Å². The number of aliphatic hydroxyl groups is 1. The number of hydrogen-bond donors (Lipinski definition) is 2. The molecule has 4 heteroatoms. The van der Waals surface area contributed by atoms with Gasteiger partial charge in [0.05, 0.1) is 18.2 Å². The number of benzene rings is 1. The molecular weight excluding hydrogens is 252 g/mol. The first-order valence-corrected chi connectivity index (χ1v) is 6.85. The number of nitrogens with zero attached hydrogens (tertiary/aromatic N) is 1. The smallest absolute Gasteiger partial charge is 0.239 e. The van der Waals surface area contributed by atoms with E-state index < -0.39 is 12.1 Å². The summed E-state index contributed by atoms with van der Waals surface area (Å²) >= 11 is 0. The Hall–Kier alpha value is -1.65. The summed E-state index contributed by atoms with van der Waals surface area (Å²) in [7, 11) is 1.67. The molecule has 0 radical (unpaired) electrons. The highest BCUT2D eigenvalue weighted by molar-refractivity contribution is 5.81. The van der Waals surface area contributed by atoms with Crippen molar-refractivity contribution in [2.45, 2.75) is 38.0 Å². The topological polar surface area (TPSA) is 66.6 Å². The lowest BCUT2D eigenvalue weighted by Gasteiger charge is -2.31. The maximum absolute atomic E-state index is 12.2. The van der Waals surface area contributed by atoms with Gasteiger partial charge in [-0.1, -0.05) is 36.4 Å². The van der Waals surface area contributed by atoms with Gasteiger partial charge in [0.15, 0.2) is 0 Å². The first kappa shape index (κ1) is 16.4. The van der Waals surface area contributed by atoms with Gasteiger partial charge in [-0.05, 0) is 25.3 Å². The SMILES string of the molecule is C=CCC[C@H](N)C(=O)N(C)[C@H](C)[C@H](O)c1ccccc1. The highest BCUT2D eigenvalue weighted by atomic mass is 16.3. The quantitative estimate of drug-likeness (QED) is 0.747. The van der Waals surface area contributed by atoms with Gasteiger partial charge in [0, 0.05) is 7.05 Å². The standard InChI is InChI=1S/C16H24N2O2/c1-4-5-11-14(17)16(20)18(3)12(2)15(19)13-9-7-6-8-10-13/h4,6-10,12,14-15,19H,1,5,11,17H2,2-3H3/t12-,14+,15+/m1/s1. The van der Waals surface area contributed by atoms with Crippen LogP contribution < -0.4 is 5.73 Å². The molecule has 0 fully saturated rings. The van der Waals surface area contributed by atoms with Crippen molar-refractivity contribution in [3.8, 4) is 0 Å². The molecule has 1 amide bonds. The molecule has 1 aromatic rings. The van der Waals surface area contributed by atoms with Gasteiger partial charge in [-0.3, -0.25) is 4.79 Å². The Labute approximate surface area is 120 Å². The second-order valence-corrected chi connectivity index (χ2v) is 5.02. The molecule has 0 spiro atoms. The van der Waals surface area contributed by atoms with Crippen molar-refractivity contribution in [2.75, 3.05) is 7.05 Å². The molecule has 0 heterocycles. The van der Waals surface area contributed by atoms with Crippen molar-refractivity contribution in [1.29, 1.82) is 0 Å². The Bertz CT molecular complexity index is 433. The molecule has 3 atom stereocenters. The Kier molecular flexibility index (Phi) is 6.42. The maximum Gasteiger partial charge on any atom is 0.239 e. The third kappa shape index (κ3) is 4.18.